The molecule has 1 unspecified atom stereocenters. The summed E-state index contributed by atoms with van der Waals surface area (Å²) in [6, 6.07) is 0. The molecule has 0 radical (unpaired) electrons. The molecule has 1 aliphatic rings. The van der Waals surface area contributed by atoms with E-state index >= 15 is 0 Å². The zero-order valence-electron chi connectivity index (χ0n) is 12.1. The Kier molecular flexibility index (Phi) is 8.78. The Balaban J connectivity index is 0.00000121. The molecule has 1 aliphatic heterocycles. The average Bonchev–Trinajstić information content (AvgIpc) is 2.31. The average molecular weight is 240 g/mol. The normalized spacial score (nSPS) is 20.4. The number of likely N-dealkylation sites (N-methyl/N-ethyl adjacent to an activating group) is 1. The Labute approximate surface area is 106 Å². The highest BCUT2D eigenvalue weighted by molar-refractivity contribution is 5.87. The van der Waals surface area contributed by atoms with Crippen LogP contribution in [0.5, 0.6) is 0 Å². The number of rotatable bonds is 3. The van der Waals surface area contributed by atoms with Gasteiger partial charge in [-0.2, -0.15) is 0 Å². The molecule has 0 bridgehead atoms. The maximum Gasteiger partial charge on any atom is 0.246 e. The molecule has 0 spiro atoms. The number of hydrogen-bond donors (Lipinski definition) is 0. The molecule has 1 heterocycles. The van der Waals surface area contributed by atoms with E-state index in [0.717, 1.165) is 26.1 Å². The van der Waals surface area contributed by atoms with Gasteiger partial charge >= 0.3 is 0 Å². The van der Waals surface area contributed by atoms with Gasteiger partial charge in [-0.25, -0.2) is 0 Å². The number of likely N-dealkylation sites (tertiary alicyclic amines) is 1. The van der Waals surface area contributed by atoms with Crippen molar-refractivity contribution in [3.05, 3.63) is 12.2 Å². The molecule has 1 saturated heterocycles. The summed E-state index contributed by atoms with van der Waals surface area (Å²) < 4.78 is 0. The van der Waals surface area contributed by atoms with E-state index in [4.69, 9.17) is 0 Å². The van der Waals surface area contributed by atoms with Crippen molar-refractivity contribution in [3.63, 3.8) is 0 Å². The lowest BCUT2D eigenvalue weighted by atomic mass is 10.0. The second-order valence-corrected chi connectivity index (χ2v) is 4.70. The topological polar surface area (TPSA) is 23.6 Å². The van der Waals surface area contributed by atoms with Gasteiger partial charge in [0.2, 0.25) is 5.91 Å². The first-order chi connectivity index (χ1) is 8.09. The Hall–Kier alpha value is -0.830. The Morgan fingerprint density at radius 3 is 2.59 bits per heavy atom. The van der Waals surface area contributed by atoms with Gasteiger partial charge in [0.25, 0.3) is 0 Å². The van der Waals surface area contributed by atoms with Crippen LogP contribution in [0.4, 0.5) is 0 Å². The smallest absolute Gasteiger partial charge is 0.246 e. The van der Waals surface area contributed by atoms with Crippen molar-refractivity contribution in [1.29, 1.82) is 0 Å². The maximum absolute atomic E-state index is 11.7. The first kappa shape index (κ1) is 16.2. The van der Waals surface area contributed by atoms with E-state index in [9.17, 15) is 4.79 Å². The van der Waals surface area contributed by atoms with Crippen molar-refractivity contribution in [3.8, 4) is 0 Å². The Bertz CT molecular complexity index is 236. The predicted molar refractivity (Wildman–Crippen MR) is 74.0 cm³/mol. The van der Waals surface area contributed by atoms with Crippen LogP contribution < -0.4 is 0 Å². The van der Waals surface area contributed by atoms with Crippen LogP contribution in [0, 0.1) is 5.92 Å². The molecule has 1 fully saturated rings. The highest BCUT2D eigenvalue weighted by Crippen LogP contribution is 2.15. The summed E-state index contributed by atoms with van der Waals surface area (Å²) in [5.74, 6) is 0.827. The number of piperidine rings is 1. The van der Waals surface area contributed by atoms with Crippen LogP contribution >= 0.6 is 0 Å². The number of amides is 1. The van der Waals surface area contributed by atoms with Gasteiger partial charge in [0.05, 0.1) is 0 Å². The van der Waals surface area contributed by atoms with E-state index in [2.05, 4.69) is 6.92 Å². The minimum absolute atomic E-state index is 0.170. The molecule has 17 heavy (non-hydrogen) atoms. The van der Waals surface area contributed by atoms with E-state index in [0.29, 0.717) is 5.92 Å². The van der Waals surface area contributed by atoms with Crippen molar-refractivity contribution in [2.24, 2.45) is 5.92 Å². The first-order valence-corrected chi connectivity index (χ1v) is 6.69. The third kappa shape index (κ3) is 7.16. The molecular formula is C14H28N2O. The third-order valence-electron chi connectivity index (χ3n) is 2.70. The summed E-state index contributed by atoms with van der Waals surface area (Å²) >= 11 is 0. The van der Waals surface area contributed by atoms with Crippen LogP contribution in [-0.2, 0) is 4.79 Å². The third-order valence-corrected chi connectivity index (χ3v) is 2.70. The van der Waals surface area contributed by atoms with Crippen LogP contribution in [0.15, 0.2) is 12.2 Å². The van der Waals surface area contributed by atoms with Crippen LogP contribution in [0.3, 0.4) is 0 Å². The number of nitrogens with zero attached hydrogens (tertiary/aromatic N) is 2. The number of hydrogen-bond acceptors (Lipinski definition) is 2. The molecule has 3 nitrogen and oxygen atoms in total. The highest BCUT2D eigenvalue weighted by atomic mass is 16.2. The number of carbonyl (C=O) groups excluding carboxylic acids is 1. The molecular weight excluding hydrogens is 212 g/mol. The van der Waals surface area contributed by atoms with E-state index in [1.807, 2.05) is 43.8 Å². The van der Waals surface area contributed by atoms with Crippen molar-refractivity contribution >= 4 is 5.91 Å². The van der Waals surface area contributed by atoms with Crippen molar-refractivity contribution in [2.45, 2.75) is 33.6 Å². The summed E-state index contributed by atoms with van der Waals surface area (Å²) in [5, 5.41) is 0. The standard InChI is InChI=1S/C12H22N2O.C2H6/c1-11-6-4-9-14(10-11)12(15)7-5-8-13(2)3;1-2/h5,7,11H,4,6,8-10H2,1-3H3;1-2H3/b7-5+;. The van der Waals surface area contributed by atoms with Crippen molar-refractivity contribution in [2.75, 3.05) is 33.7 Å². The van der Waals surface area contributed by atoms with E-state index in [-0.39, 0.29) is 5.91 Å². The van der Waals surface area contributed by atoms with Gasteiger partial charge in [-0.15, -0.1) is 0 Å². The molecule has 1 rings (SSSR count). The maximum atomic E-state index is 11.7. The van der Waals surface area contributed by atoms with Gasteiger partial charge in [-0.05, 0) is 32.9 Å². The molecule has 0 saturated carbocycles. The molecule has 0 aliphatic carbocycles. The Morgan fingerprint density at radius 1 is 1.41 bits per heavy atom. The Morgan fingerprint density at radius 2 is 2.06 bits per heavy atom. The molecule has 0 aromatic heterocycles. The minimum Gasteiger partial charge on any atom is -0.339 e. The lowest BCUT2D eigenvalue weighted by molar-refractivity contribution is -0.127. The second kappa shape index (κ2) is 9.23. The van der Waals surface area contributed by atoms with Gasteiger partial charge in [0.15, 0.2) is 0 Å². The number of carbonyl (C=O) groups is 1. The molecule has 100 valence electrons. The SMILES string of the molecule is CC.CC1CCCN(C(=O)/C=C/CN(C)C)C1. The summed E-state index contributed by atoms with van der Waals surface area (Å²) in [4.78, 5) is 15.7. The molecule has 1 amide bonds. The van der Waals surface area contributed by atoms with Crippen LogP contribution in [0.1, 0.15) is 33.6 Å². The van der Waals surface area contributed by atoms with E-state index in [1.54, 1.807) is 6.08 Å². The second-order valence-electron chi connectivity index (χ2n) is 4.70. The minimum atomic E-state index is 0.170. The molecule has 0 N–H and O–H groups in total. The van der Waals surface area contributed by atoms with Gasteiger partial charge in [0, 0.05) is 25.7 Å². The lowest BCUT2D eigenvalue weighted by Gasteiger charge is -2.30. The van der Waals surface area contributed by atoms with E-state index < -0.39 is 0 Å². The van der Waals surface area contributed by atoms with Crippen molar-refractivity contribution < 1.29 is 4.79 Å². The molecule has 1 atom stereocenters. The monoisotopic (exact) mass is 240 g/mol. The van der Waals surface area contributed by atoms with Gasteiger partial charge in [-0.3, -0.25) is 4.79 Å². The van der Waals surface area contributed by atoms with Crippen LogP contribution in [0.25, 0.3) is 0 Å². The largest absolute Gasteiger partial charge is 0.339 e. The van der Waals surface area contributed by atoms with E-state index in [1.165, 1.54) is 6.42 Å². The van der Waals surface area contributed by atoms with Gasteiger partial charge in [0.1, 0.15) is 0 Å². The zero-order chi connectivity index (χ0) is 13.3. The van der Waals surface area contributed by atoms with Crippen LogP contribution in [0.2, 0.25) is 0 Å². The quantitative estimate of drug-likeness (QED) is 0.707. The summed E-state index contributed by atoms with van der Waals surface area (Å²) in [6.45, 7) is 8.89. The summed E-state index contributed by atoms with van der Waals surface area (Å²) in [5.41, 5.74) is 0. The summed E-state index contributed by atoms with van der Waals surface area (Å²) in [7, 11) is 4.00. The van der Waals surface area contributed by atoms with Crippen molar-refractivity contribution in [1.82, 2.24) is 9.80 Å². The molecule has 3 heteroatoms. The fraction of sp³-hybridized carbons (Fsp3) is 0.786. The van der Waals surface area contributed by atoms with Gasteiger partial charge < -0.3 is 9.80 Å². The molecule has 0 aromatic carbocycles. The predicted octanol–water partition coefficient (Wildman–Crippen LogP) is 2.39. The molecule has 0 aromatic rings. The zero-order valence-corrected chi connectivity index (χ0v) is 12.1. The first-order valence-electron chi connectivity index (χ1n) is 6.69. The fourth-order valence-electron chi connectivity index (χ4n) is 1.86. The van der Waals surface area contributed by atoms with Gasteiger partial charge in [-0.1, -0.05) is 26.8 Å². The lowest BCUT2D eigenvalue weighted by Crippen LogP contribution is -2.38. The highest BCUT2D eigenvalue weighted by Gasteiger charge is 2.18. The van der Waals surface area contributed by atoms with Crippen LogP contribution in [-0.4, -0.2) is 49.4 Å². The summed E-state index contributed by atoms with van der Waals surface area (Å²) in [6.07, 6.45) is 6.04. The fourth-order valence-corrected chi connectivity index (χ4v) is 1.86.